The zero-order valence-electron chi connectivity index (χ0n) is 15.9. The van der Waals surface area contributed by atoms with E-state index in [1.54, 1.807) is 27.7 Å². The van der Waals surface area contributed by atoms with Crippen LogP contribution in [-0.4, -0.2) is 34.2 Å². The molecule has 1 rings (SSSR count). The lowest BCUT2D eigenvalue weighted by Crippen LogP contribution is -2.60. The second-order valence-electron chi connectivity index (χ2n) is 9.58. The molecule has 0 aliphatic carbocycles. The molecule has 0 spiro atoms. The molecule has 0 aromatic carbocycles. The Balaban J connectivity index is 2.80. The molecule has 5 heteroatoms. The summed E-state index contributed by atoms with van der Waals surface area (Å²) in [5.74, 6) is -1.21. The number of carboxylic acid groups (broad SMARTS) is 1. The van der Waals surface area contributed by atoms with Crippen LogP contribution in [0.25, 0.3) is 0 Å². The van der Waals surface area contributed by atoms with E-state index in [2.05, 4.69) is 33.0 Å². The largest absolute Gasteiger partial charge is 0.481 e. The van der Waals surface area contributed by atoms with Crippen molar-refractivity contribution in [3.05, 3.63) is 0 Å². The van der Waals surface area contributed by atoms with Gasteiger partial charge in [0.25, 0.3) is 0 Å². The molecule has 0 atom stereocenters. The van der Waals surface area contributed by atoms with Crippen LogP contribution in [0.4, 0.5) is 0 Å². The van der Waals surface area contributed by atoms with Gasteiger partial charge in [0.1, 0.15) is 6.10 Å². The molecule has 0 unspecified atom stereocenters. The third kappa shape index (κ3) is 5.48. The SMILES string of the molecule is CC1(C)CC(OC(=O)C(C)(C)CC(C)(C)C(=O)O)CC(C)(C)N1. The van der Waals surface area contributed by atoms with Crippen LogP contribution in [-0.2, 0) is 14.3 Å². The third-order valence-corrected chi connectivity index (χ3v) is 4.44. The van der Waals surface area contributed by atoms with Gasteiger partial charge in [-0.05, 0) is 61.8 Å². The number of piperidine rings is 1. The van der Waals surface area contributed by atoms with Crippen molar-refractivity contribution in [1.82, 2.24) is 5.32 Å². The van der Waals surface area contributed by atoms with Gasteiger partial charge in [-0.2, -0.15) is 0 Å². The van der Waals surface area contributed by atoms with E-state index >= 15 is 0 Å². The van der Waals surface area contributed by atoms with E-state index in [1.807, 2.05) is 0 Å². The smallest absolute Gasteiger partial charge is 0.311 e. The first-order chi connectivity index (χ1) is 10.1. The van der Waals surface area contributed by atoms with Gasteiger partial charge in [-0.15, -0.1) is 0 Å². The fourth-order valence-corrected chi connectivity index (χ4v) is 3.88. The van der Waals surface area contributed by atoms with E-state index in [0.29, 0.717) is 0 Å². The maximum Gasteiger partial charge on any atom is 0.311 e. The molecule has 1 heterocycles. The second-order valence-corrected chi connectivity index (χ2v) is 9.58. The summed E-state index contributed by atoms with van der Waals surface area (Å²) in [6.45, 7) is 15.2. The molecule has 1 aliphatic heterocycles. The lowest BCUT2D eigenvalue weighted by atomic mass is 9.75. The number of carbonyl (C=O) groups excluding carboxylic acids is 1. The van der Waals surface area contributed by atoms with Crippen LogP contribution in [0.3, 0.4) is 0 Å². The first kappa shape index (κ1) is 19.9. The van der Waals surface area contributed by atoms with E-state index in [-0.39, 0.29) is 29.6 Å². The molecule has 0 amide bonds. The molecule has 1 aliphatic rings. The lowest BCUT2D eigenvalue weighted by Gasteiger charge is -2.46. The van der Waals surface area contributed by atoms with Gasteiger partial charge in [-0.25, -0.2) is 0 Å². The van der Waals surface area contributed by atoms with Crippen LogP contribution in [0, 0.1) is 10.8 Å². The van der Waals surface area contributed by atoms with Crippen molar-refractivity contribution in [3.63, 3.8) is 0 Å². The summed E-state index contributed by atoms with van der Waals surface area (Å²) in [7, 11) is 0. The van der Waals surface area contributed by atoms with Crippen molar-refractivity contribution in [2.45, 2.75) is 91.8 Å². The number of esters is 1. The van der Waals surface area contributed by atoms with Crippen molar-refractivity contribution >= 4 is 11.9 Å². The van der Waals surface area contributed by atoms with Gasteiger partial charge in [0, 0.05) is 23.9 Å². The van der Waals surface area contributed by atoms with Crippen LogP contribution in [0.1, 0.15) is 74.7 Å². The van der Waals surface area contributed by atoms with Crippen molar-refractivity contribution < 1.29 is 19.4 Å². The Bertz CT molecular complexity index is 461. The normalized spacial score (nSPS) is 21.7. The number of hydrogen-bond donors (Lipinski definition) is 2. The van der Waals surface area contributed by atoms with Crippen LogP contribution in [0.5, 0.6) is 0 Å². The van der Waals surface area contributed by atoms with Crippen molar-refractivity contribution in [2.24, 2.45) is 10.8 Å². The number of aliphatic carboxylic acids is 1. The van der Waals surface area contributed by atoms with E-state index < -0.39 is 16.8 Å². The van der Waals surface area contributed by atoms with Gasteiger partial charge >= 0.3 is 11.9 Å². The van der Waals surface area contributed by atoms with Crippen molar-refractivity contribution in [1.29, 1.82) is 0 Å². The van der Waals surface area contributed by atoms with E-state index in [1.165, 1.54) is 0 Å². The highest BCUT2D eigenvalue weighted by molar-refractivity contribution is 5.79. The van der Waals surface area contributed by atoms with E-state index in [9.17, 15) is 14.7 Å². The van der Waals surface area contributed by atoms with Gasteiger partial charge < -0.3 is 15.2 Å². The highest BCUT2D eigenvalue weighted by Crippen LogP contribution is 2.37. The second kappa shape index (κ2) is 6.08. The highest BCUT2D eigenvalue weighted by Gasteiger charge is 2.43. The Morgan fingerprint density at radius 1 is 1.04 bits per heavy atom. The summed E-state index contributed by atoms with van der Waals surface area (Å²) in [6, 6.07) is 0. The zero-order chi connectivity index (χ0) is 18.3. The third-order valence-electron chi connectivity index (χ3n) is 4.44. The van der Waals surface area contributed by atoms with Crippen LogP contribution in [0.15, 0.2) is 0 Å². The topological polar surface area (TPSA) is 75.6 Å². The Labute approximate surface area is 140 Å². The Hall–Kier alpha value is -1.10. The van der Waals surface area contributed by atoms with Crippen molar-refractivity contribution in [3.8, 4) is 0 Å². The average molecular weight is 327 g/mol. The number of nitrogens with one attached hydrogen (secondary N) is 1. The molecule has 0 aromatic heterocycles. The van der Waals surface area contributed by atoms with Gasteiger partial charge in [-0.3, -0.25) is 9.59 Å². The van der Waals surface area contributed by atoms with Gasteiger partial charge in [0.05, 0.1) is 10.8 Å². The molecular weight excluding hydrogens is 294 g/mol. The van der Waals surface area contributed by atoms with Crippen LogP contribution >= 0.6 is 0 Å². The quantitative estimate of drug-likeness (QED) is 0.757. The first-order valence-corrected chi connectivity index (χ1v) is 8.30. The molecular formula is C18H33NO4. The minimum absolute atomic E-state index is 0.100. The van der Waals surface area contributed by atoms with Gasteiger partial charge in [-0.1, -0.05) is 0 Å². The van der Waals surface area contributed by atoms with Crippen LogP contribution in [0.2, 0.25) is 0 Å². The van der Waals surface area contributed by atoms with E-state index in [4.69, 9.17) is 4.74 Å². The predicted octanol–water partition coefficient (Wildman–Crippen LogP) is 3.37. The van der Waals surface area contributed by atoms with E-state index in [0.717, 1.165) is 12.8 Å². The fourth-order valence-electron chi connectivity index (χ4n) is 3.88. The first-order valence-electron chi connectivity index (χ1n) is 8.30. The lowest BCUT2D eigenvalue weighted by molar-refractivity contribution is -0.167. The molecule has 1 saturated heterocycles. The van der Waals surface area contributed by atoms with Gasteiger partial charge in [0.15, 0.2) is 0 Å². The molecule has 2 N–H and O–H groups in total. The number of rotatable bonds is 5. The van der Waals surface area contributed by atoms with Gasteiger partial charge in [0.2, 0.25) is 0 Å². The summed E-state index contributed by atoms with van der Waals surface area (Å²) < 4.78 is 5.78. The number of ether oxygens (including phenoxy) is 1. The number of carboxylic acids is 1. The average Bonchev–Trinajstić information content (AvgIpc) is 2.22. The standard InChI is InChI=1S/C18H33NO4/c1-15(2,13(20)21)11-16(3,4)14(22)23-12-9-17(5,6)19-18(7,8)10-12/h12,19H,9-11H2,1-8H3,(H,20,21). The Morgan fingerprint density at radius 2 is 1.48 bits per heavy atom. The van der Waals surface area contributed by atoms with Crippen molar-refractivity contribution in [2.75, 3.05) is 0 Å². The summed E-state index contributed by atoms with van der Waals surface area (Å²) >= 11 is 0. The molecule has 23 heavy (non-hydrogen) atoms. The molecule has 1 fully saturated rings. The number of hydrogen-bond acceptors (Lipinski definition) is 4. The predicted molar refractivity (Wildman–Crippen MR) is 90.2 cm³/mol. The zero-order valence-corrected chi connectivity index (χ0v) is 15.9. The fraction of sp³-hybridized carbons (Fsp3) is 0.889. The summed E-state index contributed by atoms with van der Waals surface area (Å²) in [5, 5.41) is 12.8. The monoisotopic (exact) mass is 327 g/mol. The maximum atomic E-state index is 12.6. The summed E-state index contributed by atoms with van der Waals surface area (Å²) in [5.41, 5.74) is -2.00. The minimum atomic E-state index is -0.963. The molecule has 0 aromatic rings. The summed E-state index contributed by atoms with van der Waals surface area (Å²) in [4.78, 5) is 23.9. The minimum Gasteiger partial charge on any atom is -0.481 e. The molecule has 0 radical (unpaired) electrons. The highest BCUT2D eigenvalue weighted by atomic mass is 16.5. The molecule has 0 saturated carbocycles. The number of carbonyl (C=O) groups is 2. The maximum absolute atomic E-state index is 12.6. The molecule has 134 valence electrons. The molecule has 5 nitrogen and oxygen atoms in total. The Morgan fingerprint density at radius 3 is 1.87 bits per heavy atom. The van der Waals surface area contributed by atoms with Crippen LogP contribution < -0.4 is 5.32 Å². The Kier molecular flexibility index (Phi) is 5.27. The molecule has 0 bridgehead atoms. The summed E-state index contributed by atoms with van der Waals surface area (Å²) in [6.07, 6.45) is 1.59.